The van der Waals surface area contributed by atoms with Gasteiger partial charge in [0.25, 0.3) is 0 Å². The summed E-state index contributed by atoms with van der Waals surface area (Å²) in [4.78, 5) is 0. The van der Waals surface area contributed by atoms with E-state index in [1.165, 1.54) is 5.56 Å². The van der Waals surface area contributed by atoms with Crippen LogP contribution in [0.3, 0.4) is 0 Å². The second kappa shape index (κ2) is 6.53. The molecular weight excluding hydrogens is 276 g/mol. The first-order valence-corrected chi connectivity index (χ1v) is 6.94. The van der Waals surface area contributed by atoms with E-state index in [1.807, 2.05) is 0 Å². The molecule has 0 spiro atoms. The van der Waals surface area contributed by atoms with Crippen molar-refractivity contribution in [1.29, 1.82) is 0 Å². The van der Waals surface area contributed by atoms with Gasteiger partial charge in [-0.3, -0.25) is 0 Å². The SMILES string of the molecule is CC(C)CNC(C)(CN)Cc1ccc(Br)cc1. The maximum absolute atomic E-state index is 5.90. The summed E-state index contributed by atoms with van der Waals surface area (Å²) in [5.74, 6) is 0.644. The van der Waals surface area contributed by atoms with Gasteiger partial charge in [0.1, 0.15) is 0 Å². The minimum atomic E-state index is -0.0158. The minimum Gasteiger partial charge on any atom is -0.329 e. The van der Waals surface area contributed by atoms with E-state index in [1.54, 1.807) is 0 Å². The highest BCUT2D eigenvalue weighted by atomic mass is 79.9. The van der Waals surface area contributed by atoms with Gasteiger partial charge in [-0.2, -0.15) is 0 Å². The zero-order valence-corrected chi connectivity index (χ0v) is 12.5. The second-order valence-corrected chi connectivity index (χ2v) is 6.26. The third-order valence-corrected chi connectivity index (χ3v) is 3.42. The van der Waals surface area contributed by atoms with E-state index in [0.717, 1.165) is 17.4 Å². The van der Waals surface area contributed by atoms with E-state index in [-0.39, 0.29) is 5.54 Å². The molecule has 1 aromatic carbocycles. The fraction of sp³-hybridized carbons (Fsp3) is 0.571. The van der Waals surface area contributed by atoms with Crippen molar-refractivity contribution in [3.63, 3.8) is 0 Å². The van der Waals surface area contributed by atoms with E-state index < -0.39 is 0 Å². The molecule has 0 saturated carbocycles. The Morgan fingerprint density at radius 2 is 1.88 bits per heavy atom. The van der Waals surface area contributed by atoms with Crippen molar-refractivity contribution in [2.45, 2.75) is 32.7 Å². The molecule has 3 N–H and O–H groups in total. The maximum Gasteiger partial charge on any atom is 0.0316 e. The van der Waals surface area contributed by atoms with Crippen LogP contribution in [0.1, 0.15) is 26.3 Å². The second-order valence-electron chi connectivity index (χ2n) is 5.34. The first-order valence-electron chi connectivity index (χ1n) is 6.15. The molecular formula is C14H23BrN2. The van der Waals surface area contributed by atoms with Crippen molar-refractivity contribution < 1.29 is 0 Å². The van der Waals surface area contributed by atoms with Crippen LogP contribution in [-0.2, 0) is 6.42 Å². The number of nitrogens with two attached hydrogens (primary N) is 1. The summed E-state index contributed by atoms with van der Waals surface area (Å²) < 4.78 is 1.12. The number of halogens is 1. The first kappa shape index (κ1) is 14.7. The van der Waals surface area contributed by atoms with Crippen LogP contribution in [0.2, 0.25) is 0 Å². The molecule has 1 aromatic rings. The molecule has 0 aromatic heterocycles. The van der Waals surface area contributed by atoms with Gasteiger partial charge >= 0.3 is 0 Å². The van der Waals surface area contributed by atoms with E-state index in [0.29, 0.717) is 12.5 Å². The molecule has 0 saturated heterocycles. The Balaban J connectivity index is 2.64. The highest BCUT2D eigenvalue weighted by Crippen LogP contribution is 2.16. The van der Waals surface area contributed by atoms with Crippen molar-refractivity contribution in [3.05, 3.63) is 34.3 Å². The van der Waals surface area contributed by atoms with Crippen molar-refractivity contribution >= 4 is 15.9 Å². The van der Waals surface area contributed by atoms with Crippen molar-refractivity contribution in [3.8, 4) is 0 Å². The summed E-state index contributed by atoms with van der Waals surface area (Å²) in [6.07, 6.45) is 0.962. The molecule has 3 heteroatoms. The van der Waals surface area contributed by atoms with Gasteiger partial charge in [-0.15, -0.1) is 0 Å². The molecule has 0 bridgehead atoms. The Kier molecular flexibility index (Phi) is 5.63. The molecule has 0 aliphatic carbocycles. The minimum absolute atomic E-state index is 0.0158. The monoisotopic (exact) mass is 298 g/mol. The zero-order valence-electron chi connectivity index (χ0n) is 11.0. The lowest BCUT2D eigenvalue weighted by atomic mass is 9.92. The summed E-state index contributed by atoms with van der Waals surface area (Å²) in [6.45, 7) is 8.27. The fourth-order valence-electron chi connectivity index (χ4n) is 1.71. The van der Waals surface area contributed by atoms with Crippen molar-refractivity contribution in [2.75, 3.05) is 13.1 Å². The Hall–Kier alpha value is -0.380. The van der Waals surface area contributed by atoms with E-state index in [9.17, 15) is 0 Å². The smallest absolute Gasteiger partial charge is 0.0316 e. The molecule has 0 heterocycles. The van der Waals surface area contributed by atoms with Crippen LogP contribution in [0.25, 0.3) is 0 Å². The molecule has 0 aliphatic heterocycles. The molecule has 0 fully saturated rings. The van der Waals surface area contributed by atoms with Gasteiger partial charge in [0, 0.05) is 16.6 Å². The highest BCUT2D eigenvalue weighted by Gasteiger charge is 2.22. The fourth-order valence-corrected chi connectivity index (χ4v) is 1.97. The van der Waals surface area contributed by atoms with Crippen LogP contribution in [0, 0.1) is 5.92 Å². The summed E-state index contributed by atoms with van der Waals surface area (Å²) in [5, 5.41) is 3.57. The lowest BCUT2D eigenvalue weighted by molar-refractivity contribution is 0.340. The molecule has 0 amide bonds. The lowest BCUT2D eigenvalue weighted by Gasteiger charge is -2.30. The average Bonchev–Trinajstić information content (AvgIpc) is 2.30. The molecule has 0 radical (unpaired) electrons. The van der Waals surface area contributed by atoms with Crippen LogP contribution >= 0.6 is 15.9 Å². The predicted octanol–water partition coefficient (Wildman–Crippen LogP) is 2.95. The van der Waals surface area contributed by atoms with Gasteiger partial charge in [-0.25, -0.2) is 0 Å². The quantitative estimate of drug-likeness (QED) is 0.847. The normalized spacial score (nSPS) is 14.9. The summed E-state index contributed by atoms with van der Waals surface area (Å²) in [7, 11) is 0. The number of hydrogen-bond donors (Lipinski definition) is 2. The average molecular weight is 299 g/mol. The highest BCUT2D eigenvalue weighted by molar-refractivity contribution is 9.10. The number of nitrogens with one attached hydrogen (secondary N) is 1. The summed E-state index contributed by atoms with van der Waals surface area (Å²) in [5.41, 5.74) is 7.20. The van der Waals surface area contributed by atoms with Gasteiger partial charge < -0.3 is 11.1 Å². The summed E-state index contributed by atoms with van der Waals surface area (Å²) >= 11 is 3.45. The Bertz CT molecular complexity index is 335. The van der Waals surface area contributed by atoms with Crippen LogP contribution in [-0.4, -0.2) is 18.6 Å². The molecule has 1 rings (SSSR count). The van der Waals surface area contributed by atoms with E-state index >= 15 is 0 Å². The van der Waals surface area contributed by atoms with Gasteiger partial charge in [-0.1, -0.05) is 41.9 Å². The molecule has 96 valence electrons. The van der Waals surface area contributed by atoms with Crippen LogP contribution in [0.4, 0.5) is 0 Å². The maximum atomic E-state index is 5.90. The largest absolute Gasteiger partial charge is 0.329 e. The van der Waals surface area contributed by atoms with Crippen molar-refractivity contribution in [1.82, 2.24) is 5.32 Å². The zero-order chi connectivity index (χ0) is 12.9. The van der Waals surface area contributed by atoms with Gasteiger partial charge in [0.2, 0.25) is 0 Å². The Labute approximate surface area is 113 Å². The third-order valence-electron chi connectivity index (χ3n) is 2.90. The number of rotatable bonds is 6. The molecule has 1 atom stereocenters. The molecule has 0 aliphatic rings. The van der Waals surface area contributed by atoms with E-state index in [2.05, 4.69) is 66.3 Å². The van der Waals surface area contributed by atoms with Crippen molar-refractivity contribution in [2.24, 2.45) is 11.7 Å². The third kappa shape index (κ3) is 5.19. The van der Waals surface area contributed by atoms with Crippen LogP contribution in [0.5, 0.6) is 0 Å². The lowest BCUT2D eigenvalue weighted by Crippen LogP contribution is -2.51. The molecule has 17 heavy (non-hydrogen) atoms. The van der Waals surface area contributed by atoms with Crippen LogP contribution < -0.4 is 11.1 Å². The standard InChI is InChI=1S/C14H23BrN2/c1-11(2)9-17-14(3,10-16)8-12-4-6-13(15)7-5-12/h4-7,11,17H,8-10,16H2,1-3H3. The topological polar surface area (TPSA) is 38.0 Å². The molecule has 1 unspecified atom stereocenters. The molecule has 2 nitrogen and oxygen atoms in total. The van der Waals surface area contributed by atoms with Gasteiger partial charge in [0.05, 0.1) is 0 Å². The first-order chi connectivity index (χ1) is 7.95. The summed E-state index contributed by atoms with van der Waals surface area (Å²) in [6, 6.07) is 8.45. The Morgan fingerprint density at radius 3 is 2.35 bits per heavy atom. The number of hydrogen-bond acceptors (Lipinski definition) is 2. The van der Waals surface area contributed by atoms with Crippen LogP contribution in [0.15, 0.2) is 28.7 Å². The van der Waals surface area contributed by atoms with Gasteiger partial charge in [0.15, 0.2) is 0 Å². The van der Waals surface area contributed by atoms with E-state index in [4.69, 9.17) is 5.73 Å². The number of benzene rings is 1. The Morgan fingerprint density at radius 1 is 1.29 bits per heavy atom. The predicted molar refractivity (Wildman–Crippen MR) is 78.1 cm³/mol. The van der Waals surface area contributed by atoms with Gasteiger partial charge in [-0.05, 0) is 43.5 Å².